The van der Waals surface area contributed by atoms with Crippen molar-refractivity contribution in [2.45, 2.75) is 13.3 Å². The van der Waals surface area contributed by atoms with E-state index < -0.39 is 0 Å². The predicted octanol–water partition coefficient (Wildman–Crippen LogP) is 3.02. The molecule has 2 rings (SSSR count). The number of benzene rings is 1. The van der Waals surface area contributed by atoms with Crippen molar-refractivity contribution in [2.24, 2.45) is 5.73 Å². The van der Waals surface area contributed by atoms with Gasteiger partial charge in [-0.15, -0.1) is 0 Å². The highest BCUT2D eigenvalue weighted by atomic mass is 32.1. The van der Waals surface area contributed by atoms with Gasteiger partial charge in [-0.3, -0.25) is 4.98 Å². The molecule has 18 heavy (non-hydrogen) atoms. The Morgan fingerprint density at radius 2 is 2.00 bits per heavy atom. The van der Waals surface area contributed by atoms with E-state index in [1.807, 2.05) is 24.3 Å². The fourth-order valence-corrected chi connectivity index (χ4v) is 1.84. The summed E-state index contributed by atoms with van der Waals surface area (Å²) in [6, 6.07) is 12.0. The van der Waals surface area contributed by atoms with E-state index in [4.69, 9.17) is 18.0 Å². The Labute approximate surface area is 112 Å². The van der Waals surface area contributed by atoms with Crippen LogP contribution in [0.2, 0.25) is 0 Å². The molecule has 1 aromatic heterocycles. The van der Waals surface area contributed by atoms with E-state index in [1.165, 1.54) is 5.56 Å². The highest BCUT2D eigenvalue weighted by Crippen LogP contribution is 2.19. The molecule has 0 amide bonds. The predicted molar refractivity (Wildman–Crippen MR) is 79.2 cm³/mol. The van der Waals surface area contributed by atoms with Crippen LogP contribution in [0.25, 0.3) is 0 Å². The van der Waals surface area contributed by atoms with Crippen molar-refractivity contribution in [1.82, 2.24) is 4.98 Å². The maximum absolute atomic E-state index is 5.64. The normalized spacial score (nSPS) is 10.1. The van der Waals surface area contributed by atoms with Gasteiger partial charge in [-0.1, -0.05) is 31.3 Å². The number of nitrogens with zero attached hydrogens (tertiary/aromatic N) is 1. The van der Waals surface area contributed by atoms with Crippen molar-refractivity contribution in [3.05, 3.63) is 53.9 Å². The molecule has 0 aliphatic rings. The summed E-state index contributed by atoms with van der Waals surface area (Å²) in [5.41, 5.74) is 9.39. The molecule has 3 nitrogen and oxygen atoms in total. The molecule has 0 fully saturated rings. The van der Waals surface area contributed by atoms with Crippen LogP contribution in [0.15, 0.2) is 42.6 Å². The van der Waals surface area contributed by atoms with Gasteiger partial charge in [-0.05, 0) is 36.2 Å². The van der Waals surface area contributed by atoms with Crippen molar-refractivity contribution in [3.8, 4) is 0 Å². The molecule has 0 saturated heterocycles. The van der Waals surface area contributed by atoms with Gasteiger partial charge in [0, 0.05) is 11.9 Å². The van der Waals surface area contributed by atoms with Crippen LogP contribution in [0.4, 0.5) is 11.4 Å². The first-order chi connectivity index (χ1) is 8.70. The van der Waals surface area contributed by atoms with Crippen LogP contribution in [-0.2, 0) is 6.42 Å². The van der Waals surface area contributed by atoms with Gasteiger partial charge < -0.3 is 11.1 Å². The van der Waals surface area contributed by atoms with Crippen molar-refractivity contribution in [1.29, 1.82) is 0 Å². The second kappa shape index (κ2) is 5.60. The van der Waals surface area contributed by atoms with Crippen LogP contribution in [0.3, 0.4) is 0 Å². The Morgan fingerprint density at radius 3 is 2.61 bits per heavy atom. The van der Waals surface area contributed by atoms with E-state index in [-0.39, 0.29) is 0 Å². The highest BCUT2D eigenvalue weighted by Gasteiger charge is 2.05. The van der Waals surface area contributed by atoms with Crippen molar-refractivity contribution in [3.63, 3.8) is 0 Å². The summed E-state index contributed by atoms with van der Waals surface area (Å²) >= 11 is 4.98. The SMILES string of the molecule is CCc1ccc(Nc2cccnc2C(N)=S)cc1. The topological polar surface area (TPSA) is 50.9 Å². The monoisotopic (exact) mass is 257 g/mol. The molecule has 0 unspecified atom stereocenters. The lowest BCUT2D eigenvalue weighted by Gasteiger charge is -2.10. The number of nitrogens with two attached hydrogens (primary N) is 1. The summed E-state index contributed by atoms with van der Waals surface area (Å²) in [4.78, 5) is 4.47. The number of aromatic nitrogens is 1. The maximum Gasteiger partial charge on any atom is 0.124 e. The molecular formula is C14H15N3S. The average Bonchev–Trinajstić information content (AvgIpc) is 2.40. The number of rotatable bonds is 4. The third-order valence-corrected chi connectivity index (χ3v) is 2.88. The molecule has 0 spiro atoms. The Balaban J connectivity index is 2.25. The molecule has 0 atom stereocenters. The molecule has 0 radical (unpaired) electrons. The molecule has 0 bridgehead atoms. The maximum atomic E-state index is 5.64. The molecular weight excluding hydrogens is 242 g/mol. The van der Waals surface area contributed by atoms with Crippen LogP contribution in [0.1, 0.15) is 18.2 Å². The van der Waals surface area contributed by atoms with E-state index in [9.17, 15) is 0 Å². The van der Waals surface area contributed by atoms with Gasteiger partial charge in [0.1, 0.15) is 10.7 Å². The summed E-state index contributed by atoms with van der Waals surface area (Å²) in [7, 11) is 0. The smallest absolute Gasteiger partial charge is 0.124 e. The van der Waals surface area contributed by atoms with Gasteiger partial charge >= 0.3 is 0 Å². The Morgan fingerprint density at radius 1 is 1.28 bits per heavy atom. The number of nitrogens with one attached hydrogen (secondary N) is 1. The van der Waals surface area contributed by atoms with Crippen molar-refractivity contribution in [2.75, 3.05) is 5.32 Å². The molecule has 0 aliphatic carbocycles. The van der Waals surface area contributed by atoms with Gasteiger partial charge in [-0.25, -0.2) is 0 Å². The summed E-state index contributed by atoms with van der Waals surface area (Å²) in [5, 5.41) is 3.28. The molecule has 92 valence electrons. The summed E-state index contributed by atoms with van der Waals surface area (Å²) < 4.78 is 0. The third-order valence-electron chi connectivity index (χ3n) is 2.68. The zero-order valence-electron chi connectivity index (χ0n) is 10.2. The van der Waals surface area contributed by atoms with E-state index in [0.717, 1.165) is 17.8 Å². The molecule has 1 aromatic carbocycles. The number of aryl methyl sites for hydroxylation is 1. The first-order valence-electron chi connectivity index (χ1n) is 5.81. The quantitative estimate of drug-likeness (QED) is 0.827. The summed E-state index contributed by atoms with van der Waals surface area (Å²) in [6.07, 6.45) is 2.71. The Kier molecular flexibility index (Phi) is 3.89. The minimum Gasteiger partial charge on any atom is -0.388 e. The van der Waals surface area contributed by atoms with Crippen LogP contribution in [0.5, 0.6) is 0 Å². The highest BCUT2D eigenvalue weighted by molar-refractivity contribution is 7.80. The van der Waals surface area contributed by atoms with Crippen molar-refractivity contribution < 1.29 is 0 Å². The van der Waals surface area contributed by atoms with Crippen LogP contribution >= 0.6 is 12.2 Å². The van der Waals surface area contributed by atoms with Crippen LogP contribution in [0, 0.1) is 0 Å². The number of thiocarbonyl (C=S) groups is 1. The lowest BCUT2D eigenvalue weighted by molar-refractivity contribution is 1.14. The zero-order valence-corrected chi connectivity index (χ0v) is 11.0. The fraction of sp³-hybridized carbons (Fsp3) is 0.143. The van der Waals surface area contributed by atoms with Gasteiger partial charge in [0.05, 0.1) is 5.69 Å². The van der Waals surface area contributed by atoms with E-state index in [0.29, 0.717) is 10.7 Å². The van der Waals surface area contributed by atoms with Gasteiger partial charge in [0.25, 0.3) is 0 Å². The number of pyridine rings is 1. The minimum absolute atomic E-state index is 0.295. The molecule has 1 heterocycles. The second-order valence-electron chi connectivity index (χ2n) is 3.94. The first-order valence-corrected chi connectivity index (χ1v) is 6.22. The van der Waals surface area contributed by atoms with E-state index in [1.54, 1.807) is 6.20 Å². The number of hydrogen-bond acceptors (Lipinski definition) is 3. The lowest BCUT2D eigenvalue weighted by atomic mass is 10.1. The third kappa shape index (κ3) is 2.84. The molecule has 3 N–H and O–H groups in total. The molecule has 0 saturated carbocycles. The molecule has 0 aliphatic heterocycles. The summed E-state index contributed by atoms with van der Waals surface area (Å²) in [6.45, 7) is 2.13. The first kappa shape index (κ1) is 12.5. The number of hydrogen-bond donors (Lipinski definition) is 2. The minimum atomic E-state index is 0.295. The fourth-order valence-electron chi connectivity index (χ4n) is 1.68. The second-order valence-corrected chi connectivity index (χ2v) is 4.38. The van der Waals surface area contributed by atoms with Gasteiger partial charge in [0.2, 0.25) is 0 Å². The Hall–Kier alpha value is -1.94. The summed E-state index contributed by atoms with van der Waals surface area (Å²) in [5.74, 6) is 0. The van der Waals surface area contributed by atoms with Gasteiger partial charge in [-0.2, -0.15) is 0 Å². The van der Waals surface area contributed by atoms with Crippen LogP contribution < -0.4 is 11.1 Å². The van der Waals surface area contributed by atoms with E-state index in [2.05, 4.69) is 29.4 Å². The van der Waals surface area contributed by atoms with Gasteiger partial charge in [0.15, 0.2) is 0 Å². The molecule has 4 heteroatoms. The van der Waals surface area contributed by atoms with Crippen molar-refractivity contribution >= 4 is 28.6 Å². The number of anilines is 2. The van der Waals surface area contributed by atoms with Crippen LogP contribution in [-0.4, -0.2) is 9.97 Å². The lowest BCUT2D eigenvalue weighted by Crippen LogP contribution is -2.13. The zero-order chi connectivity index (χ0) is 13.0. The average molecular weight is 257 g/mol. The standard InChI is InChI=1S/C14H15N3S/c1-2-10-5-7-11(8-6-10)17-12-4-3-9-16-13(12)14(15)18/h3-9,17H,2H2,1H3,(H2,15,18). The van der Waals surface area contributed by atoms with E-state index >= 15 is 0 Å². The molecule has 2 aromatic rings. The Bertz CT molecular complexity index is 549. The largest absolute Gasteiger partial charge is 0.388 e.